The van der Waals surface area contributed by atoms with Crippen LogP contribution in [-0.4, -0.2) is 44.7 Å². The van der Waals surface area contributed by atoms with E-state index in [-0.39, 0.29) is 0 Å². The van der Waals surface area contributed by atoms with E-state index in [0.717, 1.165) is 19.5 Å². The summed E-state index contributed by atoms with van der Waals surface area (Å²) in [5.74, 6) is 0. The van der Waals surface area contributed by atoms with Crippen LogP contribution in [-0.2, 0) is 0 Å². The zero-order valence-electron chi connectivity index (χ0n) is 13.2. The molecule has 1 saturated heterocycles. The second kappa shape index (κ2) is 7.65. The third-order valence-electron chi connectivity index (χ3n) is 4.32. The summed E-state index contributed by atoms with van der Waals surface area (Å²) < 4.78 is 0. The molecule has 1 aliphatic rings. The molecule has 0 radical (unpaired) electrons. The van der Waals surface area contributed by atoms with Gasteiger partial charge in [0.05, 0.1) is 0 Å². The van der Waals surface area contributed by atoms with Gasteiger partial charge in [0.1, 0.15) is 0 Å². The number of hydrogen-bond donors (Lipinski definition) is 1. The molecule has 0 aliphatic carbocycles. The van der Waals surface area contributed by atoms with Crippen molar-refractivity contribution < 1.29 is 0 Å². The Kier molecular flexibility index (Phi) is 5.86. The van der Waals surface area contributed by atoms with Crippen LogP contribution < -0.4 is 10.2 Å². The van der Waals surface area contributed by atoms with Crippen LogP contribution in [0.2, 0.25) is 0 Å². The smallest absolute Gasteiger partial charge is 0.0415 e. The molecule has 112 valence electrons. The average molecular weight is 275 g/mol. The maximum atomic E-state index is 3.44. The van der Waals surface area contributed by atoms with Gasteiger partial charge in [-0.25, -0.2) is 0 Å². The summed E-state index contributed by atoms with van der Waals surface area (Å²) in [6.07, 6.45) is 2.39. The van der Waals surface area contributed by atoms with Crippen molar-refractivity contribution in [2.75, 3.05) is 44.7 Å². The van der Waals surface area contributed by atoms with Crippen molar-refractivity contribution >= 4 is 5.69 Å². The molecule has 3 heteroatoms. The molecule has 0 spiro atoms. The largest absolute Gasteiger partial charge is 0.369 e. The first kappa shape index (κ1) is 15.3. The van der Waals surface area contributed by atoms with Crippen molar-refractivity contribution in [2.24, 2.45) is 0 Å². The zero-order valence-corrected chi connectivity index (χ0v) is 13.2. The number of hydrogen-bond acceptors (Lipinski definition) is 3. The van der Waals surface area contributed by atoms with Gasteiger partial charge >= 0.3 is 0 Å². The standard InChI is InChI=1S/C17H29N3/c1-4-10-19-11-13-20(14-12-19)17-9-7-6-8-15(17)16(5-2)18-3/h6-9,16,18H,4-5,10-14H2,1-3H3. The van der Waals surface area contributed by atoms with Crippen LogP contribution >= 0.6 is 0 Å². The predicted molar refractivity (Wildman–Crippen MR) is 87.5 cm³/mol. The van der Waals surface area contributed by atoms with E-state index in [1.165, 1.54) is 37.3 Å². The maximum absolute atomic E-state index is 3.44. The lowest BCUT2D eigenvalue weighted by Gasteiger charge is -2.37. The molecule has 3 nitrogen and oxygen atoms in total. The predicted octanol–water partition coefficient (Wildman–Crippen LogP) is 2.89. The molecule has 1 heterocycles. The first-order valence-electron chi connectivity index (χ1n) is 8.03. The Hall–Kier alpha value is -1.06. The SMILES string of the molecule is CCCN1CCN(c2ccccc2C(CC)NC)CC1. The van der Waals surface area contributed by atoms with E-state index >= 15 is 0 Å². The summed E-state index contributed by atoms with van der Waals surface area (Å²) >= 11 is 0. The van der Waals surface area contributed by atoms with Gasteiger partial charge in [0.15, 0.2) is 0 Å². The Balaban J connectivity index is 2.09. The molecule has 20 heavy (non-hydrogen) atoms. The first-order valence-corrected chi connectivity index (χ1v) is 8.03. The summed E-state index contributed by atoms with van der Waals surface area (Å²) in [7, 11) is 2.06. The van der Waals surface area contributed by atoms with E-state index < -0.39 is 0 Å². The van der Waals surface area contributed by atoms with Crippen LogP contribution in [0.15, 0.2) is 24.3 Å². The number of rotatable bonds is 6. The summed E-state index contributed by atoms with van der Waals surface area (Å²) in [4.78, 5) is 5.13. The summed E-state index contributed by atoms with van der Waals surface area (Å²) in [6, 6.07) is 9.34. The van der Waals surface area contributed by atoms with E-state index in [1.807, 2.05) is 0 Å². The van der Waals surface area contributed by atoms with Gasteiger partial charge in [-0.2, -0.15) is 0 Å². The highest BCUT2D eigenvalue weighted by Gasteiger charge is 2.20. The number of nitrogens with zero attached hydrogens (tertiary/aromatic N) is 2. The third-order valence-corrected chi connectivity index (χ3v) is 4.32. The van der Waals surface area contributed by atoms with Crippen LogP contribution in [0.1, 0.15) is 38.3 Å². The molecule has 1 aromatic rings. The number of para-hydroxylation sites is 1. The number of nitrogens with one attached hydrogen (secondary N) is 1. The van der Waals surface area contributed by atoms with Crippen LogP contribution in [0.3, 0.4) is 0 Å². The Morgan fingerprint density at radius 1 is 1.10 bits per heavy atom. The molecule has 1 aromatic carbocycles. The molecular formula is C17H29N3. The van der Waals surface area contributed by atoms with Crippen LogP contribution in [0.25, 0.3) is 0 Å². The highest BCUT2D eigenvalue weighted by atomic mass is 15.3. The first-order chi connectivity index (χ1) is 9.80. The van der Waals surface area contributed by atoms with Crippen molar-refractivity contribution in [3.8, 4) is 0 Å². The molecule has 1 aliphatic heterocycles. The average Bonchev–Trinajstić information content (AvgIpc) is 2.50. The fourth-order valence-corrected chi connectivity index (χ4v) is 3.18. The van der Waals surface area contributed by atoms with Gasteiger partial charge in [-0.15, -0.1) is 0 Å². The normalized spacial score (nSPS) is 18.2. The lowest BCUT2D eigenvalue weighted by atomic mass is 10.0. The van der Waals surface area contributed by atoms with Gasteiger partial charge in [0.2, 0.25) is 0 Å². The van der Waals surface area contributed by atoms with Gasteiger partial charge in [0.25, 0.3) is 0 Å². The van der Waals surface area contributed by atoms with Gasteiger partial charge in [0, 0.05) is 37.9 Å². The summed E-state index contributed by atoms with van der Waals surface area (Å²) in [5.41, 5.74) is 2.87. The van der Waals surface area contributed by atoms with Crippen LogP contribution in [0.4, 0.5) is 5.69 Å². The molecule has 2 rings (SSSR count). The second-order valence-corrected chi connectivity index (χ2v) is 5.64. The molecule has 1 unspecified atom stereocenters. The number of benzene rings is 1. The lowest BCUT2D eigenvalue weighted by molar-refractivity contribution is 0.258. The molecule has 1 atom stereocenters. The van der Waals surface area contributed by atoms with E-state index in [0.29, 0.717) is 6.04 Å². The fourth-order valence-electron chi connectivity index (χ4n) is 3.18. The summed E-state index contributed by atoms with van der Waals surface area (Å²) in [5, 5.41) is 3.44. The van der Waals surface area contributed by atoms with Crippen molar-refractivity contribution in [3.63, 3.8) is 0 Å². The highest BCUT2D eigenvalue weighted by molar-refractivity contribution is 5.55. The number of anilines is 1. The lowest BCUT2D eigenvalue weighted by Crippen LogP contribution is -2.47. The topological polar surface area (TPSA) is 18.5 Å². The zero-order chi connectivity index (χ0) is 14.4. The Morgan fingerprint density at radius 2 is 1.80 bits per heavy atom. The Bertz CT molecular complexity index is 393. The molecular weight excluding hydrogens is 246 g/mol. The minimum absolute atomic E-state index is 0.458. The van der Waals surface area contributed by atoms with Crippen molar-refractivity contribution in [1.82, 2.24) is 10.2 Å². The Labute approximate surface area is 124 Å². The van der Waals surface area contributed by atoms with Crippen LogP contribution in [0, 0.1) is 0 Å². The van der Waals surface area contributed by atoms with E-state index in [4.69, 9.17) is 0 Å². The van der Waals surface area contributed by atoms with Gasteiger partial charge < -0.3 is 10.2 Å². The van der Waals surface area contributed by atoms with Crippen molar-refractivity contribution in [3.05, 3.63) is 29.8 Å². The van der Waals surface area contributed by atoms with Crippen LogP contribution in [0.5, 0.6) is 0 Å². The molecule has 0 amide bonds. The minimum Gasteiger partial charge on any atom is -0.369 e. The Morgan fingerprint density at radius 3 is 2.40 bits per heavy atom. The van der Waals surface area contributed by atoms with Crippen molar-refractivity contribution in [2.45, 2.75) is 32.7 Å². The van der Waals surface area contributed by atoms with Crippen molar-refractivity contribution in [1.29, 1.82) is 0 Å². The minimum atomic E-state index is 0.458. The highest BCUT2D eigenvalue weighted by Crippen LogP contribution is 2.28. The monoisotopic (exact) mass is 275 g/mol. The van der Waals surface area contributed by atoms with E-state index in [2.05, 4.69) is 60.3 Å². The second-order valence-electron chi connectivity index (χ2n) is 5.64. The van der Waals surface area contributed by atoms with Gasteiger partial charge in [-0.1, -0.05) is 32.0 Å². The molecule has 0 aromatic heterocycles. The molecule has 1 N–H and O–H groups in total. The molecule has 0 saturated carbocycles. The van der Waals surface area contributed by atoms with E-state index in [9.17, 15) is 0 Å². The fraction of sp³-hybridized carbons (Fsp3) is 0.647. The van der Waals surface area contributed by atoms with Gasteiger partial charge in [-0.3, -0.25) is 4.90 Å². The third kappa shape index (κ3) is 3.53. The summed E-state index contributed by atoms with van der Waals surface area (Å²) in [6.45, 7) is 10.4. The maximum Gasteiger partial charge on any atom is 0.0415 e. The van der Waals surface area contributed by atoms with E-state index in [1.54, 1.807) is 0 Å². The molecule has 0 bridgehead atoms. The van der Waals surface area contributed by atoms with Gasteiger partial charge in [-0.05, 0) is 38.1 Å². The number of piperazine rings is 1. The molecule has 1 fully saturated rings. The quantitative estimate of drug-likeness (QED) is 0.861.